The van der Waals surface area contributed by atoms with Crippen LogP contribution >= 0.6 is 22.6 Å². The lowest BCUT2D eigenvalue weighted by atomic mass is 10.0. The fraction of sp³-hybridized carbons (Fsp3) is 0.148. The number of para-hydroxylation sites is 1. The highest BCUT2D eigenvalue weighted by atomic mass is 127. The maximum absolute atomic E-state index is 12.9. The third kappa shape index (κ3) is 5.20. The lowest BCUT2D eigenvalue weighted by Crippen LogP contribution is -2.15. The van der Waals surface area contributed by atoms with Gasteiger partial charge in [0, 0.05) is 14.7 Å². The lowest BCUT2D eigenvalue weighted by molar-refractivity contribution is 0.0549. The first-order chi connectivity index (χ1) is 17.5. The summed E-state index contributed by atoms with van der Waals surface area (Å²) < 4.78 is 24.0. The van der Waals surface area contributed by atoms with Gasteiger partial charge in [0.1, 0.15) is 29.4 Å². The maximum Gasteiger partial charge on any atom is 0.357 e. The highest BCUT2D eigenvalue weighted by Gasteiger charge is 2.31. The molecule has 0 atom stereocenters. The van der Waals surface area contributed by atoms with Gasteiger partial charge in [-0.2, -0.15) is 5.10 Å². The molecule has 4 aromatic rings. The minimum atomic E-state index is -0.714. The fourth-order valence-electron chi connectivity index (χ4n) is 3.69. The van der Waals surface area contributed by atoms with Gasteiger partial charge in [-0.15, -0.1) is 0 Å². The molecule has 3 aromatic carbocycles. The zero-order valence-corrected chi connectivity index (χ0v) is 22.0. The molecule has 36 heavy (non-hydrogen) atoms. The van der Waals surface area contributed by atoms with Crippen molar-refractivity contribution in [2.45, 2.75) is 6.61 Å². The van der Waals surface area contributed by atoms with Gasteiger partial charge in [0.2, 0.25) is 0 Å². The number of rotatable bonds is 8. The third-order valence-corrected chi connectivity index (χ3v) is 6.14. The second kappa shape index (κ2) is 11.3. The first-order valence-corrected chi connectivity index (χ1v) is 12.0. The van der Waals surface area contributed by atoms with E-state index < -0.39 is 11.9 Å². The lowest BCUT2D eigenvalue weighted by Gasteiger charge is -2.12. The van der Waals surface area contributed by atoms with Gasteiger partial charge in [0.05, 0.1) is 27.0 Å². The molecule has 8 nitrogen and oxygen atoms in total. The molecule has 0 N–H and O–H groups in total. The third-order valence-electron chi connectivity index (χ3n) is 5.42. The Balaban J connectivity index is 1.84. The first-order valence-electron chi connectivity index (χ1n) is 10.9. The van der Waals surface area contributed by atoms with Crippen LogP contribution in [0.15, 0.2) is 72.8 Å². The molecule has 0 spiro atoms. The number of hydrogen-bond acceptors (Lipinski definition) is 7. The first kappa shape index (κ1) is 25.2. The van der Waals surface area contributed by atoms with Crippen molar-refractivity contribution in [2.75, 3.05) is 21.3 Å². The fourth-order valence-corrected chi connectivity index (χ4v) is 4.05. The van der Waals surface area contributed by atoms with Crippen LogP contribution in [0.2, 0.25) is 0 Å². The second-order valence-corrected chi connectivity index (χ2v) is 8.82. The molecule has 0 unspecified atom stereocenters. The van der Waals surface area contributed by atoms with E-state index in [1.807, 2.05) is 48.5 Å². The van der Waals surface area contributed by atoms with Crippen LogP contribution in [0, 0.1) is 3.57 Å². The highest BCUT2D eigenvalue weighted by Crippen LogP contribution is 2.32. The van der Waals surface area contributed by atoms with E-state index in [0.717, 1.165) is 9.13 Å². The van der Waals surface area contributed by atoms with Gasteiger partial charge in [-0.25, -0.2) is 14.3 Å². The molecule has 0 fully saturated rings. The van der Waals surface area contributed by atoms with Gasteiger partial charge in [0.15, 0.2) is 5.69 Å². The molecular weight excluding hydrogens is 575 g/mol. The summed E-state index contributed by atoms with van der Waals surface area (Å²) in [6.45, 7) is 0.217. The number of nitrogens with zero attached hydrogens (tertiary/aromatic N) is 2. The second-order valence-electron chi connectivity index (χ2n) is 7.57. The molecule has 0 aliphatic heterocycles. The predicted octanol–water partition coefficient (Wildman–Crippen LogP) is 5.30. The Morgan fingerprint density at radius 3 is 2.22 bits per heavy atom. The molecule has 0 saturated carbocycles. The minimum Gasteiger partial charge on any atom is -0.496 e. The largest absolute Gasteiger partial charge is 0.496 e. The van der Waals surface area contributed by atoms with E-state index in [-0.39, 0.29) is 23.6 Å². The van der Waals surface area contributed by atoms with Gasteiger partial charge >= 0.3 is 11.9 Å². The maximum atomic E-state index is 12.9. The quantitative estimate of drug-likeness (QED) is 0.201. The van der Waals surface area contributed by atoms with E-state index in [0.29, 0.717) is 22.7 Å². The number of carbonyl (C=O) groups excluding carboxylic acids is 2. The van der Waals surface area contributed by atoms with E-state index in [4.69, 9.17) is 18.9 Å². The van der Waals surface area contributed by atoms with Crippen molar-refractivity contribution >= 4 is 34.5 Å². The van der Waals surface area contributed by atoms with Crippen LogP contribution in [-0.2, 0) is 16.1 Å². The van der Waals surface area contributed by atoms with Crippen LogP contribution in [0.1, 0.15) is 26.4 Å². The zero-order chi connectivity index (χ0) is 25.7. The highest BCUT2D eigenvalue weighted by molar-refractivity contribution is 14.1. The minimum absolute atomic E-state index is 0.00266. The molecule has 184 valence electrons. The van der Waals surface area contributed by atoms with Crippen molar-refractivity contribution in [3.63, 3.8) is 0 Å². The van der Waals surface area contributed by atoms with Gasteiger partial charge in [0.25, 0.3) is 0 Å². The van der Waals surface area contributed by atoms with E-state index in [9.17, 15) is 9.59 Å². The van der Waals surface area contributed by atoms with Crippen molar-refractivity contribution < 1.29 is 28.5 Å². The summed E-state index contributed by atoms with van der Waals surface area (Å²) in [5.74, 6) is -0.104. The topological polar surface area (TPSA) is 88.9 Å². The Hall–Kier alpha value is -3.86. The normalized spacial score (nSPS) is 10.6. The molecule has 0 bridgehead atoms. The average Bonchev–Trinajstić information content (AvgIpc) is 3.33. The average molecular weight is 598 g/mol. The molecule has 1 heterocycles. The van der Waals surface area contributed by atoms with Crippen LogP contribution in [0.5, 0.6) is 11.5 Å². The monoisotopic (exact) mass is 598 g/mol. The molecule has 0 saturated heterocycles. The van der Waals surface area contributed by atoms with Crippen LogP contribution in [0.3, 0.4) is 0 Å². The summed E-state index contributed by atoms with van der Waals surface area (Å²) in [7, 11) is 4.07. The number of hydrogen-bond donors (Lipinski definition) is 0. The van der Waals surface area contributed by atoms with Crippen molar-refractivity contribution in [1.82, 2.24) is 9.78 Å². The van der Waals surface area contributed by atoms with Crippen molar-refractivity contribution in [3.8, 4) is 28.4 Å². The number of carbonyl (C=O) groups is 2. The standard InChI is InChI=1S/C27H23IN2O6/c1-33-22-14-9-17(15-18(22)16-36-21-12-10-19(28)11-13-21)24-23(26(31)34-2)25(27(32)35-3)30(29-24)20-7-5-4-6-8-20/h4-15H,16H2,1-3H3. The summed E-state index contributed by atoms with van der Waals surface area (Å²) in [6, 6.07) is 22.0. The number of aromatic nitrogens is 2. The van der Waals surface area contributed by atoms with Gasteiger partial charge in [-0.1, -0.05) is 18.2 Å². The number of esters is 2. The predicted molar refractivity (Wildman–Crippen MR) is 142 cm³/mol. The van der Waals surface area contributed by atoms with Crippen LogP contribution in [0.25, 0.3) is 16.9 Å². The van der Waals surface area contributed by atoms with E-state index in [2.05, 4.69) is 27.7 Å². The Kier molecular flexibility index (Phi) is 7.89. The van der Waals surface area contributed by atoms with Gasteiger partial charge < -0.3 is 18.9 Å². The molecule has 0 aliphatic rings. The summed E-state index contributed by atoms with van der Waals surface area (Å²) in [5.41, 5.74) is 2.14. The van der Waals surface area contributed by atoms with Crippen LogP contribution < -0.4 is 9.47 Å². The summed E-state index contributed by atoms with van der Waals surface area (Å²) >= 11 is 2.23. The molecule has 1 aromatic heterocycles. The van der Waals surface area contributed by atoms with Crippen LogP contribution in [0.4, 0.5) is 0 Å². The summed E-state index contributed by atoms with van der Waals surface area (Å²) in [5, 5.41) is 4.65. The smallest absolute Gasteiger partial charge is 0.357 e. The van der Waals surface area contributed by atoms with E-state index in [1.165, 1.54) is 18.9 Å². The van der Waals surface area contributed by atoms with E-state index in [1.54, 1.807) is 31.4 Å². The number of benzene rings is 3. The van der Waals surface area contributed by atoms with E-state index >= 15 is 0 Å². The Morgan fingerprint density at radius 2 is 1.58 bits per heavy atom. The number of ether oxygens (including phenoxy) is 4. The Bertz CT molecular complexity index is 1380. The van der Waals surface area contributed by atoms with Crippen molar-refractivity contribution in [2.24, 2.45) is 0 Å². The SMILES string of the molecule is COC(=O)c1c(-c2ccc(OC)c(COc3ccc(I)cc3)c2)nn(-c2ccccc2)c1C(=O)OC. The number of methoxy groups -OCH3 is 3. The van der Waals surface area contributed by atoms with Gasteiger partial charge in [-0.3, -0.25) is 0 Å². The molecule has 0 aliphatic carbocycles. The summed E-state index contributed by atoms with van der Waals surface area (Å²) in [4.78, 5) is 25.7. The molecular formula is C27H23IN2O6. The Labute approximate surface area is 221 Å². The van der Waals surface area contributed by atoms with Crippen molar-refractivity contribution in [1.29, 1.82) is 0 Å². The molecule has 4 rings (SSSR count). The Morgan fingerprint density at radius 1 is 0.889 bits per heavy atom. The number of halogens is 1. The molecule has 0 radical (unpaired) electrons. The van der Waals surface area contributed by atoms with Crippen LogP contribution in [-0.4, -0.2) is 43.0 Å². The molecule has 9 heteroatoms. The molecule has 0 amide bonds. The van der Waals surface area contributed by atoms with Gasteiger partial charge in [-0.05, 0) is 77.2 Å². The summed E-state index contributed by atoms with van der Waals surface area (Å²) in [6.07, 6.45) is 0. The zero-order valence-electron chi connectivity index (χ0n) is 19.9. The van der Waals surface area contributed by atoms with Crippen molar-refractivity contribution in [3.05, 3.63) is 93.2 Å².